The molecule has 0 unspecified atom stereocenters. The minimum atomic E-state index is -0.227. The van der Waals surface area contributed by atoms with Gasteiger partial charge in [0.2, 0.25) is 5.78 Å². The quantitative estimate of drug-likeness (QED) is 0.179. The van der Waals surface area contributed by atoms with E-state index in [0.29, 0.717) is 61.7 Å². The fourth-order valence-electron chi connectivity index (χ4n) is 5.25. The maximum absolute atomic E-state index is 13.7. The molecule has 0 aliphatic heterocycles. The molecule has 3 heterocycles. The summed E-state index contributed by atoms with van der Waals surface area (Å²) < 4.78 is 14.4. The molecular weight excluding hydrogens is 585 g/mol. The lowest BCUT2D eigenvalue weighted by molar-refractivity contribution is 0.103. The molecule has 6 aromatic rings. The summed E-state index contributed by atoms with van der Waals surface area (Å²) >= 11 is 13.5. The monoisotopic (exact) mass is 609 g/mol. The van der Waals surface area contributed by atoms with E-state index in [9.17, 15) is 10.1 Å². The zero-order valence-corrected chi connectivity index (χ0v) is 25.0. The highest BCUT2D eigenvalue weighted by Crippen LogP contribution is 2.41. The fourth-order valence-corrected chi connectivity index (χ4v) is 5.94. The number of nitriles is 1. The predicted octanol–water partition coefficient (Wildman–Crippen LogP) is 7.53. The summed E-state index contributed by atoms with van der Waals surface area (Å²) in [5, 5.41) is 14.1. The Labute approximate surface area is 257 Å². The largest absolute Gasteiger partial charge is 0.497 e. The molecule has 8 nitrogen and oxygen atoms in total. The van der Waals surface area contributed by atoms with Crippen LogP contribution in [0.15, 0.2) is 79.3 Å². The molecule has 3 aromatic heterocycles. The van der Waals surface area contributed by atoms with Crippen LogP contribution >= 0.6 is 23.2 Å². The first kappa shape index (κ1) is 28.2. The summed E-state index contributed by atoms with van der Waals surface area (Å²) in [6.07, 6.45) is 3.51. The number of imidazole rings is 1. The molecule has 0 radical (unpaired) electrons. The van der Waals surface area contributed by atoms with Gasteiger partial charge in [0, 0.05) is 48.1 Å². The number of fused-ring (bicyclic) bond motifs is 2. The molecular formula is C33H25Cl2N5O3. The van der Waals surface area contributed by atoms with E-state index in [0.717, 1.165) is 22.2 Å². The molecule has 0 atom stereocenters. The Morgan fingerprint density at radius 1 is 1.02 bits per heavy atom. The fraction of sp³-hybridized carbons (Fsp3) is 0.121. The Balaban J connectivity index is 1.32. The van der Waals surface area contributed by atoms with Crippen LogP contribution < -0.4 is 14.8 Å². The molecule has 10 heteroatoms. The Kier molecular flexibility index (Phi) is 7.45. The number of aryl methyl sites for hydroxylation is 1. The van der Waals surface area contributed by atoms with Crippen molar-refractivity contribution in [2.75, 3.05) is 19.5 Å². The van der Waals surface area contributed by atoms with Crippen molar-refractivity contribution in [1.29, 1.82) is 5.26 Å². The number of benzene rings is 3. The number of rotatable bonds is 8. The van der Waals surface area contributed by atoms with Gasteiger partial charge in [-0.3, -0.25) is 4.79 Å². The van der Waals surface area contributed by atoms with Gasteiger partial charge in [0.25, 0.3) is 0 Å². The number of hydrogen-bond donors (Lipinski definition) is 1. The molecule has 0 amide bonds. The Hall–Kier alpha value is -4.97. The van der Waals surface area contributed by atoms with Crippen molar-refractivity contribution in [1.82, 2.24) is 14.0 Å². The molecule has 0 saturated carbocycles. The maximum atomic E-state index is 13.7. The predicted molar refractivity (Wildman–Crippen MR) is 169 cm³/mol. The van der Waals surface area contributed by atoms with Crippen LogP contribution in [0.3, 0.4) is 0 Å². The summed E-state index contributed by atoms with van der Waals surface area (Å²) in [7, 11) is 5.07. The Bertz CT molecular complexity index is 2090. The third-order valence-electron chi connectivity index (χ3n) is 7.47. The Morgan fingerprint density at radius 3 is 2.63 bits per heavy atom. The van der Waals surface area contributed by atoms with Gasteiger partial charge in [0.15, 0.2) is 0 Å². The highest BCUT2D eigenvalue weighted by Gasteiger charge is 2.21. The summed E-state index contributed by atoms with van der Waals surface area (Å²) in [5.41, 5.74) is 6.33. The zero-order valence-electron chi connectivity index (χ0n) is 23.5. The van der Waals surface area contributed by atoms with Gasteiger partial charge in [-0.05, 0) is 54.6 Å². The number of methoxy groups -OCH3 is 2. The Morgan fingerprint density at radius 2 is 1.86 bits per heavy atom. The minimum Gasteiger partial charge on any atom is -0.497 e. The number of nitrogens with zero attached hydrogens (tertiary/aromatic N) is 4. The van der Waals surface area contributed by atoms with Gasteiger partial charge < -0.3 is 23.8 Å². The number of hydrogen-bond acceptors (Lipinski definition) is 6. The molecule has 214 valence electrons. The van der Waals surface area contributed by atoms with Crippen LogP contribution in [0.5, 0.6) is 11.5 Å². The molecule has 0 spiro atoms. The van der Waals surface area contributed by atoms with E-state index >= 15 is 0 Å². The van der Waals surface area contributed by atoms with Gasteiger partial charge >= 0.3 is 0 Å². The van der Waals surface area contributed by atoms with Crippen LogP contribution in [-0.2, 0) is 13.6 Å². The van der Waals surface area contributed by atoms with E-state index in [1.807, 2.05) is 54.2 Å². The number of ketones is 1. The third-order valence-corrected chi connectivity index (χ3v) is 8.14. The lowest BCUT2D eigenvalue weighted by Gasteiger charge is -2.14. The molecule has 0 aliphatic rings. The first-order valence-corrected chi connectivity index (χ1v) is 14.0. The molecule has 0 fully saturated rings. The van der Waals surface area contributed by atoms with E-state index in [2.05, 4.69) is 16.4 Å². The molecule has 43 heavy (non-hydrogen) atoms. The van der Waals surface area contributed by atoms with Crippen molar-refractivity contribution in [2.24, 2.45) is 7.05 Å². The second kappa shape index (κ2) is 11.4. The smallest absolute Gasteiger partial charge is 0.209 e. The standard InChI is InChI=1S/C33H25Cl2N5O3/c1-39-18-38-32-28(39)15-24(34)30(31(32)35)23-5-4-12-40-26(23)10-11-27(40)33(41)19-7-9-25(21(13-19)16-36)37-17-20-6-8-22(42-2)14-29(20)43-3/h4-15,18,37H,17H2,1-3H3. The van der Waals surface area contributed by atoms with Crippen LogP contribution in [0.2, 0.25) is 10.0 Å². The molecule has 3 aromatic carbocycles. The van der Waals surface area contributed by atoms with Gasteiger partial charge in [0.1, 0.15) is 23.1 Å². The van der Waals surface area contributed by atoms with E-state index in [1.165, 1.54) is 0 Å². The number of anilines is 1. The first-order chi connectivity index (χ1) is 20.8. The maximum Gasteiger partial charge on any atom is 0.209 e. The number of ether oxygens (including phenoxy) is 2. The topological polar surface area (TPSA) is 93.6 Å². The van der Waals surface area contributed by atoms with Crippen molar-refractivity contribution >= 4 is 51.2 Å². The second-order valence-electron chi connectivity index (χ2n) is 9.90. The lowest BCUT2D eigenvalue weighted by atomic mass is 10.0. The van der Waals surface area contributed by atoms with Crippen molar-refractivity contribution < 1.29 is 14.3 Å². The van der Waals surface area contributed by atoms with Crippen LogP contribution in [0.1, 0.15) is 27.2 Å². The van der Waals surface area contributed by atoms with Crippen molar-refractivity contribution in [3.8, 4) is 28.7 Å². The van der Waals surface area contributed by atoms with Gasteiger partial charge in [-0.25, -0.2) is 4.98 Å². The van der Waals surface area contributed by atoms with Crippen molar-refractivity contribution in [3.63, 3.8) is 0 Å². The number of aromatic nitrogens is 3. The highest BCUT2D eigenvalue weighted by molar-refractivity contribution is 6.43. The summed E-state index contributed by atoms with van der Waals surface area (Å²) in [6, 6.07) is 22.0. The summed E-state index contributed by atoms with van der Waals surface area (Å²) in [6.45, 7) is 0.413. The van der Waals surface area contributed by atoms with Crippen LogP contribution in [0.25, 0.3) is 27.7 Å². The zero-order chi connectivity index (χ0) is 30.2. The average Bonchev–Trinajstić information content (AvgIpc) is 3.63. The minimum absolute atomic E-state index is 0.227. The van der Waals surface area contributed by atoms with Gasteiger partial charge in [0.05, 0.1) is 58.6 Å². The normalized spacial score (nSPS) is 11.1. The van der Waals surface area contributed by atoms with Crippen LogP contribution in [0, 0.1) is 11.3 Å². The molecule has 0 bridgehead atoms. The average molecular weight is 611 g/mol. The number of carbonyl (C=O) groups excluding carboxylic acids is 1. The van der Waals surface area contributed by atoms with E-state index < -0.39 is 0 Å². The number of nitrogens with one attached hydrogen (secondary N) is 1. The molecule has 0 saturated heterocycles. The third kappa shape index (κ3) is 4.93. The van der Waals surface area contributed by atoms with E-state index in [-0.39, 0.29) is 5.78 Å². The highest BCUT2D eigenvalue weighted by atomic mass is 35.5. The van der Waals surface area contributed by atoms with E-state index in [4.69, 9.17) is 32.7 Å². The van der Waals surface area contributed by atoms with Gasteiger partial charge in [-0.15, -0.1) is 0 Å². The van der Waals surface area contributed by atoms with Crippen molar-refractivity contribution in [2.45, 2.75) is 6.54 Å². The van der Waals surface area contributed by atoms with Gasteiger partial charge in [-0.1, -0.05) is 29.3 Å². The van der Waals surface area contributed by atoms with Crippen molar-refractivity contribution in [3.05, 3.63) is 112 Å². The number of halogens is 2. The number of pyridine rings is 1. The molecule has 0 aliphatic carbocycles. The number of carbonyl (C=O) groups is 1. The SMILES string of the molecule is COc1ccc(CNc2ccc(C(=O)c3ccc4c(-c5c(Cl)cc6c(ncn6C)c5Cl)cccn34)cc2C#N)c(OC)c1. The van der Waals surface area contributed by atoms with E-state index in [1.54, 1.807) is 55.3 Å². The molecule has 6 rings (SSSR count). The van der Waals surface area contributed by atoms with Crippen LogP contribution in [0.4, 0.5) is 5.69 Å². The first-order valence-electron chi connectivity index (χ1n) is 13.3. The lowest BCUT2D eigenvalue weighted by Crippen LogP contribution is -2.08. The summed E-state index contributed by atoms with van der Waals surface area (Å²) in [4.78, 5) is 18.2. The van der Waals surface area contributed by atoms with Gasteiger partial charge in [-0.2, -0.15) is 5.26 Å². The second-order valence-corrected chi connectivity index (χ2v) is 10.7. The van der Waals surface area contributed by atoms with Crippen LogP contribution in [-0.4, -0.2) is 34.0 Å². The molecule has 1 N–H and O–H groups in total. The summed E-state index contributed by atoms with van der Waals surface area (Å²) in [5.74, 6) is 1.13.